The van der Waals surface area contributed by atoms with E-state index in [1.165, 1.54) is 5.01 Å². The fourth-order valence-electron chi connectivity index (χ4n) is 2.00. The Bertz CT molecular complexity index is 733. The summed E-state index contributed by atoms with van der Waals surface area (Å²) in [6.07, 6.45) is 0. The van der Waals surface area contributed by atoms with E-state index in [2.05, 4.69) is 46.6 Å². The zero-order valence-corrected chi connectivity index (χ0v) is 14.4. The monoisotopic (exact) mass is 330 g/mol. The van der Waals surface area contributed by atoms with Gasteiger partial charge in [-0.15, -0.1) is 21.5 Å². The van der Waals surface area contributed by atoms with Crippen LogP contribution >= 0.6 is 22.7 Å². The lowest BCUT2D eigenvalue weighted by atomic mass is 10.2. The highest BCUT2D eigenvalue weighted by molar-refractivity contribution is 7.18. The van der Waals surface area contributed by atoms with Crippen LogP contribution in [0.25, 0.3) is 10.6 Å². The summed E-state index contributed by atoms with van der Waals surface area (Å²) in [7, 11) is 0. The molecule has 3 aromatic rings. The summed E-state index contributed by atoms with van der Waals surface area (Å²) < 4.78 is 0. The molecule has 6 heteroatoms. The van der Waals surface area contributed by atoms with Crippen molar-refractivity contribution in [1.29, 1.82) is 0 Å². The highest BCUT2D eigenvalue weighted by atomic mass is 32.1. The molecule has 3 rings (SSSR count). The van der Waals surface area contributed by atoms with E-state index in [-0.39, 0.29) is 6.04 Å². The zero-order valence-electron chi connectivity index (χ0n) is 12.8. The van der Waals surface area contributed by atoms with Crippen LogP contribution in [0.5, 0.6) is 0 Å². The van der Waals surface area contributed by atoms with Gasteiger partial charge in [0.2, 0.25) is 5.13 Å². The van der Waals surface area contributed by atoms with E-state index in [9.17, 15) is 0 Å². The lowest BCUT2D eigenvalue weighted by Crippen LogP contribution is -2.07. The van der Waals surface area contributed by atoms with Gasteiger partial charge in [-0.05, 0) is 6.92 Å². The van der Waals surface area contributed by atoms with Gasteiger partial charge < -0.3 is 5.32 Å². The highest BCUT2D eigenvalue weighted by Gasteiger charge is 2.14. The van der Waals surface area contributed by atoms with Gasteiger partial charge in [-0.1, -0.05) is 55.5 Å². The van der Waals surface area contributed by atoms with Crippen molar-refractivity contribution in [3.63, 3.8) is 0 Å². The number of nitrogens with zero attached hydrogens (tertiary/aromatic N) is 3. The summed E-state index contributed by atoms with van der Waals surface area (Å²) in [6, 6.07) is 10.2. The molecular formula is C16H18N4S2. The molecule has 4 nitrogen and oxygen atoms in total. The minimum absolute atomic E-state index is 0.125. The Kier molecular flexibility index (Phi) is 4.49. The van der Waals surface area contributed by atoms with Crippen molar-refractivity contribution in [3.05, 3.63) is 46.4 Å². The minimum Gasteiger partial charge on any atom is -0.352 e. The summed E-state index contributed by atoms with van der Waals surface area (Å²) >= 11 is 3.28. The molecule has 0 amide bonds. The molecule has 114 valence electrons. The van der Waals surface area contributed by atoms with Gasteiger partial charge in [-0.3, -0.25) is 0 Å². The molecule has 22 heavy (non-hydrogen) atoms. The number of aromatic nitrogens is 3. The molecule has 2 aromatic heterocycles. The molecule has 1 atom stereocenters. The van der Waals surface area contributed by atoms with Crippen LogP contribution in [-0.2, 0) is 0 Å². The first kappa shape index (κ1) is 15.1. The molecule has 1 aromatic carbocycles. The number of hydrogen-bond donors (Lipinski definition) is 1. The first-order valence-electron chi connectivity index (χ1n) is 7.24. The van der Waals surface area contributed by atoms with Crippen molar-refractivity contribution >= 4 is 27.8 Å². The quantitative estimate of drug-likeness (QED) is 0.718. The third-order valence-electron chi connectivity index (χ3n) is 3.26. The van der Waals surface area contributed by atoms with Crippen molar-refractivity contribution in [2.24, 2.45) is 0 Å². The van der Waals surface area contributed by atoms with Gasteiger partial charge in [0, 0.05) is 16.9 Å². The Hall–Kier alpha value is -1.79. The van der Waals surface area contributed by atoms with E-state index in [1.807, 2.05) is 30.3 Å². The highest BCUT2D eigenvalue weighted by Crippen LogP contribution is 2.29. The molecule has 0 aliphatic carbocycles. The number of hydrogen-bond acceptors (Lipinski definition) is 6. The molecule has 0 bridgehead atoms. The molecule has 0 aliphatic heterocycles. The maximum Gasteiger partial charge on any atom is 0.206 e. The van der Waals surface area contributed by atoms with Crippen molar-refractivity contribution in [1.82, 2.24) is 15.2 Å². The largest absolute Gasteiger partial charge is 0.352 e. The molecule has 0 saturated carbocycles. The van der Waals surface area contributed by atoms with E-state index in [0.29, 0.717) is 5.92 Å². The average Bonchev–Trinajstić information content (AvgIpc) is 3.17. The molecule has 1 unspecified atom stereocenters. The zero-order chi connectivity index (χ0) is 15.5. The molecule has 0 spiro atoms. The summed E-state index contributed by atoms with van der Waals surface area (Å²) in [5, 5.41) is 16.9. The summed E-state index contributed by atoms with van der Waals surface area (Å²) in [5.74, 6) is 0.470. The second-order valence-corrected chi connectivity index (χ2v) is 7.28. The molecule has 0 fully saturated rings. The van der Waals surface area contributed by atoms with E-state index in [4.69, 9.17) is 0 Å². The number of benzene rings is 1. The van der Waals surface area contributed by atoms with Crippen LogP contribution in [0.4, 0.5) is 5.13 Å². The van der Waals surface area contributed by atoms with Crippen LogP contribution in [0.3, 0.4) is 0 Å². The standard InChI is InChI=1S/C16H18N4S2/c1-10(2)14-18-13(9-21-14)11(3)17-16-20-19-15(22-16)12-7-5-4-6-8-12/h4-11H,1-3H3,(H,17,20). The van der Waals surface area contributed by atoms with E-state index < -0.39 is 0 Å². The van der Waals surface area contributed by atoms with Crippen molar-refractivity contribution in [2.75, 3.05) is 5.32 Å². The molecule has 0 radical (unpaired) electrons. The van der Waals surface area contributed by atoms with Crippen molar-refractivity contribution in [2.45, 2.75) is 32.7 Å². The first-order chi connectivity index (χ1) is 10.6. The Morgan fingerprint density at radius 3 is 2.50 bits per heavy atom. The third-order valence-corrected chi connectivity index (χ3v) is 5.33. The summed E-state index contributed by atoms with van der Waals surface area (Å²) in [6.45, 7) is 6.43. The molecule has 1 N–H and O–H groups in total. The average molecular weight is 330 g/mol. The Morgan fingerprint density at radius 2 is 1.82 bits per heavy atom. The summed E-state index contributed by atoms with van der Waals surface area (Å²) in [4.78, 5) is 4.68. The first-order valence-corrected chi connectivity index (χ1v) is 8.94. The lowest BCUT2D eigenvalue weighted by Gasteiger charge is -2.09. The van der Waals surface area contributed by atoms with Crippen LogP contribution in [-0.4, -0.2) is 15.2 Å². The number of thiazole rings is 1. The van der Waals surface area contributed by atoms with Gasteiger partial charge in [0.05, 0.1) is 16.7 Å². The van der Waals surface area contributed by atoms with Gasteiger partial charge >= 0.3 is 0 Å². The van der Waals surface area contributed by atoms with Crippen LogP contribution < -0.4 is 5.32 Å². The third kappa shape index (κ3) is 3.34. The fraction of sp³-hybridized carbons (Fsp3) is 0.312. The number of rotatable bonds is 5. The predicted octanol–water partition coefficient (Wildman–Crippen LogP) is 4.96. The van der Waals surface area contributed by atoms with E-state index >= 15 is 0 Å². The summed E-state index contributed by atoms with van der Waals surface area (Å²) in [5.41, 5.74) is 2.15. The Labute approximate surface area is 138 Å². The second kappa shape index (κ2) is 6.54. The van der Waals surface area contributed by atoms with Crippen LogP contribution in [0, 0.1) is 0 Å². The van der Waals surface area contributed by atoms with Gasteiger partial charge in [0.1, 0.15) is 5.01 Å². The topological polar surface area (TPSA) is 50.7 Å². The van der Waals surface area contributed by atoms with E-state index in [1.54, 1.807) is 22.7 Å². The second-order valence-electron chi connectivity index (χ2n) is 5.41. The normalized spacial score (nSPS) is 12.5. The van der Waals surface area contributed by atoms with Crippen LogP contribution in [0.2, 0.25) is 0 Å². The SMILES string of the molecule is CC(C)c1nc(C(C)Nc2nnc(-c3ccccc3)s2)cs1. The maximum atomic E-state index is 4.68. The van der Waals surface area contributed by atoms with Crippen LogP contribution in [0.1, 0.15) is 43.4 Å². The molecular weight excluding hydrogens is 312 g/mol. The van der Waals surface area contributed by atoms with Gasteiger partial charge in [-0.2, -0.15) is 0 Å². The molecule has 2 heterocycles. The molecule has 0 saturated heterocycles. The lowest BCUT2D eigenvalue weighted by molar-refractivity contribution is 0.799. The predicted molar refractivity (Wildman–Crippen MR) is 93.6 cm³/mol. The van der Waals surface area contributed by atoms with Crippen LogP contribution in [0.15, 0.2) is 35.7 Å². The van der Waals surface area contributed by atoms with Crippen molar-refractivity contribution < 1.29 is 0 Å². The molecule has 0 aliphatic rings. The minimum atomic E-state index is 0.125. The van der Waals surface area contributed by atoms with Gasteiger partial charge in [0.15, 0.2) is 0 Å². The Balaban J connectivity index is 1.71. The van der Waals surface area contributed by atoms with Gasteiger partial charge in [-0.25, -0.2) is 4.98 Å². The van der Waals surface area contributed by atoms with E-state index in [0.717, 1.165) is 21.4 Å². The fourth-order valence-corrected chi connectivity index (χ4v) is 3.77. The van der Waals surface area contributed by atoms with Crippen molar-refractivity contribution in [3.8, 4) is 10.6 Å². The number of anilines is 1. The number of nitrogens with one attached hydrogen (secondary N) is 1. The maximum absolute atomic E-state index is 4.68. The smallest absolute Gasteiger partial charge is 0.206 e. The Morgan fingerprint density at radius 1 is 1.05 bits per heavy atom. The van der Waals surface area contributed by atoms with Gasteiger partial charge in [0.25, 0.3) is 0 Å².